The molecule has 0 fully saturated rings. The van der Waals surface area contributed by atoms with E-state index in [1.54, 1.807) is 24.4 Å². The van der Waals surface area contributed by atoms with Crippen molar-refractivity contribution in [3.8, 4) is 11.1 Å². The molecule has 2 aromatic heterocycles. The number of rotatable bonds is 3. The summed E-state index contributed by atoms with van der Waals surface area (Å²) in [7, 11) is 0. The molecule has 3 aromatic rings. The van der Waals surface area contributed by atoms with Crippen molar-refractivity contribution in [2.24, 2.45) is 0 Å². The van der Waals surface area contributed by atoms with Gasteiger partial charge in [-0.25, -0.2) is 19.3 Å². The Bertz CT molecular complexity index is 1040. The van der Waals surface area contributed by atoms with Crippen LogP contribution in [0.5, 0.6) is 0 Å². The maximum atomic E-state index is 13.9. The third kappa shape index (κ3) is 3.46. The largest absolute Gasteiger partial charge is 0.368 e. The lowest BCUT2D eigenvalue weighted by atomic mass is 9.91. The number of hydrogen-bond acceptors (Lipinski definition) is 5. The first kappa shape index (κ1) is 17.4. The van der Waals surface area contributed by atoms with E-state index in [9.17, 15) is 9.18 Å². The number of carbonyl (C=O) groups is 1. The van der Waals surface area contributed by atoms with Gasteiger partial charge in [0, 0.05) is 30.4 Å². The number of benzene rings is 1. The van der Waals surface area contributed by atoms with Crippen LogP contribution in [0.2, 0.25) is 5.15 Å². The van der Waals surface area contributed by atoms with Gasteiger partial charge in [-0.1, -0.05) is 17.7 Å². The molecule has 3 heterocycles. The van der Waals surface area contributed by atoms with E-state index < -0.39 is 0 Å². The van der Waals surface area contributed by atoms with E-state index in [1.165, 1.54) is 18.3 Å². The van der Waals surface area contributed by atoms with Crippen LogP contribution in [0.4, 0.5) is 10.3 Å². The minimum atomic E-state index is -0.368. The van der Waals surface area contributed by atoms with Gasteiger partial charge >= 0.3 is 0 Å². The van der Waals surface area contributed by atoms with E-state index in [0.717, 1.165) is 5.56 Å². The van der Waals surface area contributed by atoms with Gasteiger partial charge in [-0.3, -0.25) is 4.79 Å². The molecule has 27 heavy (non-hydrogen) atoms. The predicted octanol–water partition coefficient (Wildman–Crippen LogP) is 2.81. The monoisotopic (exact) mass is 383 g/mol. The quantitative estimate of drug-likeness (QED) is 0.678. The molecule has 1 amide bonds. The molecule has 0 radical (unpaired) electrons. The number of nitrogens with zero attached hydrogens (tertiary/aromatic N) is 3. The van der Waals surface area contributed by atoms with Gasteiger partial charge in [-0.15, -0.1) is 0 Å². The van der Waals surface area contributed by atoms with Crippen LogP contribution in [0.25, 0.3) is 11.1 Å². The molecule has 0 aliphatic carbocycles. The second-order valence-corrected chi connectivity index (χ2v) is 6.67. The highest BCUT2D eigenvalue weighted by molar-refractivity contribution is 6.32. The summed E-state index contributed by atoms with van der Waals surface area (Å²) in [6.45, 7) is 0. The predicted molar refractivity (Wildman–Crippen MR) is 99.7 cm³/mol. The summed E-state index contributed by atoms with van der Waals surface area (Å²) in [4.78, 5) is 24.5. The molecule has 1 aliphatic rings. The molecular weight excluding hydrogens is 369 g/mol. The van der Waals surface area contributed by atoms with E-state index in [1.807, 2.05) is 0 Å². The molecule has 0 spiro atoms. The number of amides is 1. The van der Waals surface area contributed by atoms with Crippen LogP contribution < -0.4 is 11.1 Å². The zero-order valence-corrected chi connectivity index (χ0v) is 14.9. The number of anilines is 1. The van der Waals surface area contributed by atoms with Crippen LogP contribution in [0.3, 0.4) is 0 Å². The van der Waals surface area contributed by atoms with E-state index in [-0.39, 0.29) is 23.7 Å². The molecule has 0 bridgehead atoms. The zero-order chi connectivity index (χ0) is 19.0. The van der Waals surface area contributed by atoms with E-state index >= 15 is 0 Å². The van der Waals surface area contributed by atoms with Gasteiger partial charge < -0.3 is 11.1 Å². The maximum Gasteiger partial charge on any atom is 0.254 e. The minimum Gasteiger partial charge on any atom is -0.368 e. The van der Waals surface area contributed by atoms with Gasteiger partial charge in [0.15, 0.2) is 0 Å². The average Bonchev–Trinajstić information content (AvgIpc) is 2.63. The summed E-state index contributed by atoms with van der Waals surface area (Å²) in [5, 5.41) is 3.24. The molecule has 0 saturated heterocycles. The molecule has 1 aromatic carbocycles. The molecule has 6 nitrogen and oxygen atoms in total. The van der Waals surface area contributed by atoms with E-state index in [0.29, 0.717) is 40.4 Å². The second kappa shape index (κ2) is 6.92. The molecule has 0 saturated carbocycles. The Labute approximate surface area is 159 Å². The number of pyridine rings is 1. The summed E-state index contributed by atoms with van der Waals surface area (Å²) in [5.41, 5.74) is 8.82. The van der Waals surface area contributed by atoms with Crippen molar-refractivity contribution in [2.45, 2.75) is 18.9 Å². The molecule has 1 aliphatic heterocycles. The first-order valence-corrected chi connectivity index (χ1v) is 8.70. The number of fused-ring (bicyclic) bond motifs is 1. The van der Waals surface area contributed by atoms with Crippen molar-refractivity contribution in [3.63, 3.8) is 0 Å². The van der Waals surface area contributed by atoms with Crippen molar-refractivity contribution in [3.05, 3.63) is 70.5 Å². The van der Waals surface area contributed by atoms with Crippen LogP contribution in [0.15, 0.2) is 42.7 Å². The summed E-state index contributed by atoms with van der Waals surface area (Å²) in [6, 6.07) is 7.84. The number of nitrogen functional groups attached to an aromatic ring is 1. The Hall–Kier alpha value is -3.06. The van der Waals surface area contributed by atoms with Gasteiger partial charge in [0.2, 0.25) is 5.95 Å². The lowest BCUT2D eigenvalue weighted by Crippen LogP contribution is -2.43. The number of carbonyl (C=O) groups excluding carboxylic acids is 1. The molecular formula is C19H15ClFN5O. The molecule has 1 unspecified atom stereocenters. The zero-order valence-electron chi connectivity index (χ0n) is 14.1. The van der Waals surface area contributed by atoms with Crippen molar-refractivity contribution < 1.29 is 9.18 Å². The maximum absolute atomic E-state index is 13.9. The molecule has 1 atom stereocenters. The van der Waals surface area contributed by atoms with Gasteiger partial charge in [0.25, 0.3) is 5.91 Å². The van der Waals surface area contributed by atoms with Gasteiger partial charge in [-0.2, -0.15) is 0 Å². The number of nitrogens with one attached hydrogen (secondary N) is 1. The molecule has 4 rings (SSSR count). The number of nitrogens with two attached hydrogens (primary N) is 1. The highest BCUT2D eigenvalue weighted by atomic mass is 35.5. The smallest absolute Gasteiger partial charge is 0.254 e. The lowest BCUT2D eigenvalue weighted by Gasteiger charge is -2.25. The fourth-order valence-electron chi connectivity index (χ4n) is 3.28. The van der Waals surface area contributed by atoms with Crippen LogP contribution in [-0.4, -0.2) is 26.9 Å². The first-order chi connectivity index (χ1) is 13.0. The normalized spacial score (nSPS) is 15.9. The van der Waals surface area contributed by atoms with Crippen molar-refractivity contribution in [1.29, 1.82) is 0 Å². The summed E-state index contributed by atoms with van der Waals surface area (Å²) >= 11 is 6.20. The Morgan fingerprint density at radius 3 is 2.89 bits per heavy atom. The third-order valence-electron chi connectivity index (χ3n) is 4.49. The van der Waals surface area contributed by atoms with E-state index in [2.05, 4.69) is 20.3 Å². The fourth-order valence-corrected chi connectivity index (χ4v) is 3.50. The topological polar surface area (TPSA) is 93.8 Å². The number of hydrogen-bond donors (Lipinski definition) is 2. The van der Waals surface area contributed by atoms with Crippen molar-refractivity contribution in [1.82, 2.24) is 20.3 Å². The van der Waals surface area contributed by atoms with Crippen LogP contribution >= 0.6 is 11.6 Å². The van der Waals surface area contributed by atoms with Gasteiger partial charge in [0.1, 0.15) is 11.0 Å². The van der Waals surface area contributed by atoms with Gasteiger partial charge in [0.05, 0.1) is 11.3 Å². The average molecular weight is 384 g/mol. The fraction of sp³-hybridized carbons (Fsp3) is 0.158. The first-order valence-electron chi connectivity index (χ1n) is 8.33. The lowest BCUT2D eigenvalue weighted by molar-refractivity contribution is 0.0923. The van der Waals surface area contributed by atoms with Crippen LogP contribution in [-0.2, 0) is 12.8 Å². The highest BCUT2D eigenvalue weighted by Crippen LogP contribution is 2.31. The van der Waals surface area contributed by atoms with Gasteiger partial charge in [-0.05, 0) is 41.8 Å². The third-order valence-corrected chi connectivity index (χ3v) is 4.79. The van der Waals surface area contributed by atoms with Crippen LogP contribution in [0.1, 0.15) is 21.6 Å². The number of aromatic nitrogens is 3. The summed E-state index contributed by atoms with van der Waals surface area (Å²) in [6.07, 6.45) is 4.00. The second-order valence-electron chi connectivity index (χ2n) is 6.31. The Morgan fingerprint density at radius 2 is 2.07 bits per heavy atom. The van der Waals surface area contributed by atoms with Crippen LogP contribution in [0, 0.1) is 5.82 Å². The summed E-state index contributed by atoms with van der Waals surface area (Å²) in [5.74, 6) is -0.483. The highest BCUT2D eigenvalue weighted by Gasteiger charge is 2.27. The summed E-state index contributed by atoms with van der Waals surface area (Å²) < 4.78 is 13.9. The van der Waals surface area contributed by atoms with E-state index in [4.69, 9.17) is 17.3 Å². The standard InChI is InChI=1S/C19H15ClFN5O/c20-17-13(2-1-5-23-17)14-7-11(21)4-3-10(14)6-12-8-16-15(18(27)25-12)9-24-19(22)26-16/h1-5,7,9,12H,6,8H2,(H,25,27)(H2,22,24,26). The molecule has 136 valence electrons. The molecule has 3 N–H and O–H groups in total. The SMILES string of the molecule is Nc1ncc2c(n1)CC(Cc1ccc(F)cc1-c1cccnc1Cl)NC2=O. The van der Waals surface area contributed by atoms with Crippen molar-refractivity contribution >= 4 is 23.5 Å². The minimum absolute atomic E-state index is 0.131. The number of halogens is 2. The Balaban J connectivity index is 1.68. The Morgan fingerprint density at radius 1 is 1.22 bits per heavy atom. The molecule has 8 heteroatoms. The van der Waals surface area contributed by atoms with Crippen molar-refractivity contribution in [2.75, 3.05) is 5.73 Å². The Kier molecular flexibility index (Phi) is 4.45.